The standard InChI is InChI=1S/C29H33NO3/c1-19-15-20(2)24(21(3)16-19)11-12-28(31)30-14-13-23-17-26(32-4)27(33-5)18-25(23)29(30)22-9-7-6-8-10-22/h6-10,15-18,29H,11-14H2,1-5H3. The lowest BCUT2D eigenvalue weighted by Crippen LogP contribution is -2.40. The summed E-state index contributed by atoms with van der Waals surface area (Å²) in [5.74, 6) is 1.61. The highest BCUT2D eigenvalue weighted by molar-refractivity contribution is 5.78. The summed E-state index contributed by atoms with van der Waals surface area (Å²) in [6.45, 7) is 7.09. The van der Waals surface area contributed by atoms with Crippen molar-refractivity contribution in [2.75, 3.05) is 20.8 Å². The molecular weight excluding hydrogens is 410 g/mol. The van der Waals surface area contributed by atoms with Crippen molar-refractivity contribution in [1.29, 1.82) is 0 Å². The normalized spacial score (nSPS) is 15.2. The number of ether oxygens (including phenoxy) is 2. The molecule has 0 N–H and O–H groups in total. The molecule has 4 rings (SSSR count). The Morgan fingerprint density at radius 3 is 2.21 bits per heavy atom. The number of rotatable bonds is 6. The largest absolute Gasteiger partial charge is 0.493 e. The summed E-state index contributed by atoms with van der Waals surface area (Å²) in [6, 6.07) is 18.7. The van der Waals surface area contributed by atoms with E-state index in [1.807, 2.05) is 29.2 Å². The van der Waals surface area contributed by atoms with Crippen molar-refractivity contribution in [3.05, 3.63) is 93.5 Å². The van der Waals surface area contributed by atoms with Crippen LogP contribution in [0.15, 0.2) is 54.6 Å². The van der Waals surface area contributed by atoms with Crippen LogP contribution in [0.5, 0.6) is 11.5 Å². The predicted molar refractivity (Wildman–Crippen MR) is 132 cm³/mol. The van der Waals surface area contributed by atoms with Gasteiger partial charge in [-0.05, 0) is 79.1 Å². The minimum absolute atomic E-state index is 0.137. The molecule has 0 saturated carbocycles. The lowest BCUT2D eigenvalue weighted by Gasteiger charge is -2.38. The summed E-state index contributed by atoms with van der Waals surface area (Å²) in [5.41, 5.74) is 8.51. The Labute approximate surface area is 197 Å². The molecule has 1 heterocycles. The molecule has 0 bridgehead atoms. The van der Waals surface area contributed by atoms with E-state index in [-0.39, 0.29) is 11.9 Å². The second kappa shape index (κ2) is 9.70. The predicted octanol–water partition coefficient (Wildman–Crippen LogP) is 5.74. The molecule has 4 heteroatoms. The van der Waals surface area contributed by atoms with Gasteiger partial charge in [-0.3, -0.25) is 4.79 Å². The van der Waals surface area contributed by atoms with Gasteiger partial charge in [-0.25, -0.2) is 0 Å². The van der Waals surface area contributed by atoms with Crippen LogP contribution < -0.4 is 9.47 Å². The molecule has 3 aromatic carbocycles. The fourth-order valence-corrected chi connectivity index (χ4v) is 5.19. The monoisotopic (exact) mass is 443 g/mol. The maximum Gasteiger partial charge on any atom is 0.223 e. The Morgan fingerprint density at radius 2 is 1.58 bits per heavy atom. The maximum atomic E-state index is 13.6. The number of methoxy groups -OCH3 is 2. The molecule has 0 aromatic heterocycles. The quantitative estimate of drug-likeness (QED) is 0.488. The summed E-state index contributed by atoms with van der Waals surface area (Å²) >= 11 is 0. The van der Waals surface area contributed by atoms with Crippen molar-refractivity contribution in [2.45, 2.75) is 46.1 Å². The summed E-state index contributed by atoms with van der Waals surface area (Å²) in [4.78, 5) is 15.6. The third kappa shape index (κ3) is 4.61. The average molecular weight is 444 g/mol. The van der Waals surface area contributed by atoms with E-state index < -0.39 is 0 Å². The van der Waals surface area contributed by atoms with Crippen molar-refractivity contribution in [3.8, 4) is 11.5 Å². The Balaban J connectivity index is 1.67. The van der Waals surface area contributed by atoms with Gasteiger partial charge in [0.15, 0.2) is 11.5 Å². The van der Waals surface area contributed by atoms with Gasteiger partial charge in [0, 0.05) is 13.0 Å². The van der Waals surface area contributed by atoms with Gasteiger partial charge in [-0.15, -0.1) is 0 Å². The second-order valence-electron chi connectivity index (χ2n) is 8.93. The van der Waals surface area contributed by atoms with E-state index in [9.17, 15) is 4.79 Å². The summed E-state index contributed by atoms with van der Waals surface area (Å²) < 4.78 is 11.1. The zero-order chi connectivity index (χ0) is 23.5. The number of carbonyl (C=O) groups excluding carboxylic acids is 1. The third-order valence-corrected chi connectivity index (χ3v) is 6.74. The number of hydrogen-bond acceptors (Lipinski definition) is 3. The number of aryl methyl sites for hydroxylation is 3. The molecule has 1 unspecified atom stereocenters. The molecular formula is C29H33NO3. The molecule has 172 valence electrons. The number of nitrogens with zero attached hydrogens (tertiary/aromatic N) is 1. The van der Waals surface area contributed by atoms with Gasteiger partial charge in [-0.2, -0.15) is 0 Å². The van der Waals surface area contributed by atoms with Gasteiger partial charge in [0.2, 0.25) is 5.91 Å². The zero-order valence-corrected chi connectivity index (χ0v) is 20.3. The minimum atomic E-state index is -0.137. The van der Waals surface area contributed by atoms with E-state index in [1.54, 1.807) is 14.2 Å². The van der Waals surface area contributed by atoms with Gasteiger partial charge in [0.25, 0.3) is 0 Å². The van der Waals surface area contributed by atoms with Crippen LogP contribution in [0.25, 0.3) is 0 Å². The molecule has 33 heavy (non-hydrogen) atoms. The van der Waals surface area contributed by atoms with Gasteiger partial charge >= 0.3 is 0 Å². The first-order chi connectivity index (χ1) is 15.9. The highest BCUT2D eigenvalue weighted by atomic mass is 16.5. The molecule has 3 aromatic rings. The lowest BCUT2D eigenvalue weighted by atomic mass is 9.87. The van der Waals surface area contributed by atoms with E-state index >= 15 is 0 Å². The Bertz CT molecular complexity index is 1130. The van der Waals surface area contributed by atoms with Crippen molar-refractivity contribution in [1.82, 2.24) is 4.90 Å². The first-order valence-corrected chi connectivity index (χ1v) is 11.6. The first-order valence-electron chi connectivity index (χ1n) is 11.6. The van der Waals surface area contributed by atoms with Crippen molar-refractivity contribution in [3.63, 3.8) is 0 Å². The molecule has 4 nitrogen and oxygen atoms in total. The molecule has 0 saturated heterocycles. The van der Waals surface area contributed by atoms with Crippen molar-refractivity contribution < 1.29 is 14.3 Å². The number of fused-ring (bicyclic) bond motifs is 1. The molecule has 0 spiro atoms. The lowest BCUT2D eigenvalue weighted by molar-refractivity contribution is -0.133. The molecule has 0 radical (unpaired) electrons. The fraction of sp³-hybridized carbons (Fsp3) is 0.345. The number of benzene rings is 3. The topological polar surface area (TPSA) is 38.8 Å². The molecule has 0 aliphatic carbocycles. The number of hydrogen-bond donors (Lipinski definition) is 0. The highest BCUT2D eigenvalue weighted by Gasteiger charge is 2.33. The number of amides is 1. The zero-order valence-electron chi connectivity index (χ0n) is 20.3. The minimum Gasteiger partial charge on any atom is -0.493 e. The molecule has 1 atom stereocenters. The van der Waals surface area contributed by atoms with E-state index in [0.29, 0.717) is 18.7 Å². The van der Waals surface area contributed by atoms with Crippen molar-refractivity contribution >= 4 is 5.91 Å². The SMILES string of the molecule is COc1cc2c(cc1OC)C(c1ccccc1)N(C(=O)CCc1c(C)cc(C)cc1C)CC2. The van der Waals surface area contributed by atoms with Crippen LogP contribution in [0, 0.1) is 20.8 Å². The highest BCUT2D eigenvalue weighted by Crippen LogP contribution is 2.41. The Hall–Kier alpha value is -3.27. The molecule has 1 aliphatic heterocycles. The van der Waals surface area contributed by atoms with Crippen molar-refractivity contribution in [2.24, 2.45) is 0 Å². The van der Waals surface area contributed by atoms with Crippen LogP contribution in [0.3, 0.4) is 0 Å². The van der Waals surface area contributed by atoms with Gasteiger partial charge in [0.05, 0.1) is 20.3 Å². The molecule has 0 fully saturated rings. The van der Waals surface area contributed by atoms with Gasteiger partial charge < -0.3 is 14.4 Å². The van der Waals surface area contributed by atoms with Crippen LogP contribution in [0.2, 0.25) is 0 Å². The Kier molecular flexibility index (Phi) is 6.73. The van der Waals surface area contributed by atoms with Crippen LogP contribution in [-0.4, -0.2) is 31.6 Å². The molecule has 1 amide bonds. The van der Waals surface area contributed by atoms with Gasteiger partial charge in [-0.1, -0.05) is 48.0 Å². The maximum absolute atomic E-state index is 13.6. The van der Waals surface area contributed by atoms with E-state index in [0.717, 1.165) is 29.7 Å². The van der Waals surface area contributed by atoms with E-state index in [1.165, 1.54) is 27.8 Å². The van der Waals surface area contributed by atoms with Crippen LogP contribution in [-0.2, 0) is 17.6 Å². The second-order valence-corrected chi connectivity index (χ2v) is 8.93. The first kappa shape index (κ1) is 22.9. The summed E-state index contributed by atoms with van der Waals surface area (Å²) in [7, 11) is 3.31. The third-order valence-electron chi connectivity index (χ3n) is 6.74. The average Bonchev–Trinajstić information content (AvgIpc) is 2.82. The van der Waals surface area contributed by atoms with Crippen LogP contribution in [0.4, 0.5) is 0 Å². The smallest absolute Gasteiger partial charge is 0.223 e. The van der Waals surface area contributed by atoms with Crippen LogP contribution in [0.1, 0.15) is 51.4 Å². The summed E-state index contributed by atoms with van der Waals surface area (Å²) in [6.07, 6.45) is 2.05. The fourth-order valence-electron chi connectivity index (χ4n) is 5.19. The van der Waals surface area contributed by atoms with E-state index in [2.05, 4.69) is 51.1 Å². The van der Waals surface area contributed by atoms with E-state index in [4.69, 9.17) is 9.47 Å². The summed E-state index contributed by atoms with van der Waals surface area (Å²) in [5, 5.41) is 0. The molecule has 1 aliphatic rings. The Morgan fingerprint density at radius 1 is 0.939 bits per heavy atom. The van der Waals surface area contributed by atoms with Crippen LogP contribution >= 0.6 is 0 Å². The van der Waals surface area contributed by atoms with Gasteiger partial charge in [0.1, 0.15) is 0 Å². The number of carbonyl (C=O) groups is 1.